The number of aliphatic hydroxyl groups excluding tert-OH is 1. The minimum absolute atomic E-state index is 0.0268. The number of aromatic nitrogens is 1. The Labute approximate surface area is 89.1 Å². The Balaban J connectivity index is 3.02. The van der Waals surface area contributed by atoms with Crippen LogP contribution in [0.1, 0.15) is 10.4 Å². The molecule has 1 aromatic heterocycles. The number of nitrogens with zero attached hydrogens (tertiary/aromatic N) is 1. The number of rotatable bonds is 4. The Bertz CT molecular complexity index is 467. The van der Waals surface area contributed by atoms with Crippen LogP contribution in [0.5, 0.6) is 0 Å². The van der Waals surface area contributed by atoms with Crippen molar-refractivity contribution in [3.05, 3.63) is 38.3 Å². The van der Waals surface area contributed by atoms with E-state index < -0.39 is 16.4 Å². The number of H-pyrrole nitrogens is 1. The zero-order chi connectivity index (χ0) is 12.1. The Morgan fingerprint density at radius 3 is 2.88 bits per heavy atom. The third-order valence-corrected chi connectivity index (χ3v) is 1.74. The summed E-state index contributed by atoms with van der Waals surface area (Å²) >= 11 is 0. The fraction of sp³-hybridized carbons (Fsp3) is 0.250. The summed E-state index contributed by atoms with van der Waals surface area (Å²) in [5.41, 5.74) is -1.46. The second-order valence-corrected chi connectivity index (χ2v) is 2.84. The molecule has 3 N–H and O–H groups in total. The maximum atomic E-state index is 11.3. The first-order chi connectivity index (χ1) is 7.56. The van der Waals surface area contributed by atoms with Gasteiger partial charge in [-0.2, -0.15) is 0 Å². The van der Waals surface area contributed by atoms with Gasteiger partial charge in [0.2, 0.25) is 0 Å². The van der Waals surface area contributed by atoms with Crippen LogP contribution in [0.2, 0.25) is 0 Å². The molecule has 0 fully saturated rings. The van der Waals surface area contributed by atoms with Crippen LogP contribution in [-0.4, -0.2) is 34.1 Å². The van der Waals surface area contributed by atoms with Gasteiger partial charge in [0.15, 0.2) is 0 Å². The van der Waals surface area contributed by atoms with Gasteiger partial charge < -0.3 is 15.4 Å². The summed E-state index contributed by atoms with van der Waals surface area (Å²) in [6, 6.07) is 0.880. The number of nitro groups is 1. The van der Waals surface area contributed by atoms with Gasteiger partial charge in [0, 0.05) is 12.6 Å². The van der Waals surface area contributed by atoms with E-state index >= 15 is 0 Å². The molecule has 86 valence electrons. The van der Waals surface area contributed by atoms with Crippen molar-refractivity contribution in [3.63, 3.8) is 0 Å². The molecule has 0 atom stereocenters. The second kappa shape index (κ2) is 5.03. The lowest BCUT2D eigenvalue weighted by molar-refractivity contribution is -0.385. The Kier molecular flexibility index (Phi) is 3.72. The van der Waals surface area contributed by atoms with Gasteiger partial charge in [0.25, 0.3) is 17.2 Å². The molecular weight excluding hydrogens is 218 g/mol. The van der Waals surface area contributed by atoms with Crippen molar-refractivity contribution in [2.45, 2.75) is 0 Å². The maximum absolute atomic E-state index is 11.3. The minimum atomic E-state index is -0.765. The molecule has 1 amide bonds. The molecule has 1 rings (SSSR count). The van der Waals surface area contributed by atoms with Crippen molar-refractivity contribution >= 4 is 11.6 Å². The first-order valence-electron chi connectivity index (χ1n) is 4.32. The molecule has 8 heteroatoms. The molecule has 0 aliphatic rings. The van der Waals surface area contributed by atoms with E-state index in [-0.39, 0.29) is 24.4 Å². The van der Waals surface area contributed by atoms with Gasteiger partial charge in [-0.05, 0) is 0 Å². The minimum Gasteiger partial charge on any atom is -0.395 e. The van der Waals surface area contributed by atoms with E-state index in [0.29, 0.717) is 0 Å². The quantitative estimate of drug-likeness (QED) is 0.449. The van der Waals surface area contributed by atoms with Crippen molar-refractivity contribution in [2.75, 3.05) is 13.2 Å². The summed E-state index contributed by atoms with van der Waals surface area (Å²) in [4.78, 5) is 34.3. The fourth-order valence-corrected chi connectivity index (χ4v) is 1.01. The largest absolute Gasteiger partial charge is 0.395 e. The lowest BCUT2D eigenvalue weighted by Crippen LogP contribution is -2.31. The predicted molar refractivity (Wildman–Crippen MR) is 53.1 cm³/mol. The van der Waals surface area contributed by atoms with E-state index in [2.05, 4.69) is 10.3 Å². The maximum Gasteiger partial charge on any atom is 0.286 e. The molecule has 1 aromatic rings. The van der Waals surface area contributed by atoms with Crippen LogP contribution in [-0.2, 0) is 0 Å². The van der Waals surface area contributed by atoms with E-state index in [4.69, 9.17) is 5.11 Å². The van der Waals surface area contributed by atoms with Crippen molar-refractivity contribution < 1.29 is 14.8 Å². The molecule has 0 aliphatic heterocycles. The number of pyridine rings is 1. The van der Waals surface area contributed by atoms with E-state index in [1.54, 1.807) is 0 Å². The van der Waals surface area contributed by atoms with Crippen LogP contribution in [0.4, 0.5) is 5.69 Å². The number of hydrogen-bond donors (Lipinski definition) is 3. The number of carbonyl (C=O) groups is 1. The molecule has 0 spiro atoms. The average molecular weight is 227 g/mol. The zero-order valence-corrected chi connectivity index (χ0v) is 8.10. The molecule has 0 bridgehead atoms. The van der Waals surface area contributed by atoms with E-state index in [9.17, 15) is 19.7 Å². The number of hydrogen-bond acceptors (Lipinski definition) is 5. The second-order valence-electron chi connectivity index (χ2n) is 2.84. The number of carbonyl (C=O) groups excluding carboxylic acids is 1. The predicted octanol–water partition coefficient (Wildman–Crippen LogP) is -0.995. The van der Waals surface area contributed by atoms with Crippen LogP contribution >= 0.6 is 0 Å². The van der Waals surface area contributed by atoms with Gasteiger partial charge in [-0.25, -0.2) is 0 Å². The standard InChI is InChI=1S/C8H9N3O5/c12-2-1-9-7(13)6-3-5(11(15)16)4-10-8(6)14/h3-4,12H,1-2H2,(H,9,13)(H,10,14). The summed E-state index contributed by atoms with van der Waals surface area (Å²) in [6.45, 7) is -0.306. The van der Waals surface area contributed by atoms with E-state index in [0.717, 1.165) is 12.3 Å². The van der Waals surface area contributed by atoms with Crippen molar-refractivity contribution in [2.24, 2.45) is 0 Å². The van der Waals surface area contributed by atoms with Gasteiger partial charge in [-0.1, -0.05) is 0 Å². The Morgan fingerprint density at radius 1 is 1.62 bits per heavy atom. The molecule has 0 aliphatic carbocycles. The summed E-state index contributed by atoms with van der Waals surface area (Å²) in [5.74, 6) is -0.765. The van der Waals surface area contributed by atoms with Crippen LogP contribution < -0.4 is 10.9 Å². The number of amides is 1. The third kappa shape index (κ3) is 2.64. The summed E-state index contributed by atoms with van der Waals surface area (Å²) in [6.07, 6.45) is 0.908. The Morgan fingerprint density at radius 2 is 2.31 bits per heavy atom. The van der Waals surface area contributed by atoms with E-state index in [1.807, 2.05) is 0 Å². The summed E-state index contributed by atoms with van der Waals surface area (Å²) < 4.78 is 0. The number of aromatic amines is 1. The first-order valence-corrected chi connectivity index (χ1v) is 4.32. The van der Waals surface area contributed by atoms with Gasteiger partial charge in [0.05, 0.1) is 17.7 Å². The Hall–Kier alpha value is -2.22. The number of aliphatic hydroxyl groups is 1. The van der Waals surface area contributed by atoms with Crippen LogP contribution in [0.15, 0.2) is 17.1 Å². The highest BCUT2D eigenvalue weighted by atomic mass is 16.6. The highest BCUT2D eigenvalue weighted by Crippen LogP contribution is 2.07. The van der Waals surface area contributed by atoms with Crippen molar-refractivity contribution in [1.82, 2.24) is 10.3 Å². The average Bonchev–Trinajstić information content (AvgIpc) is 2.26. The van der Waals surface area contributed by atoms with Crippen molar-refractivity contribution in [1.29, 1.82) is 0 Å². The molecule has 0 saturated heterocycles. The van der Waals surface area contributed by atoms with E-state index in [1.165, 1.54) is 0 Å². The summed E-state index contributed by atoms with van der Waals surface area (Å²) in [7, 11) is 0. The molecule has 0 aromatic carbocycles. The highest BCUT2D eigenvalue weighted by molar-refractivity contribution is 5.94. The smallest absolute Gasteiger partial charge is 0.286 e. The van der Waals surface area contributed by atoms with Crippen LogP contribution in [0.3, 0.4) is 0 Å². The monoisotopic (exact) mass is 227 g/mol. The normalized spacial score (nSPS) is 9.81. The molecule has 1 heterocycles. The van der Waals surface area contributed by atoms with Crippen molar-refractivity contribution in [3.8, 4) is 0 Å². The van der Waals surface area contributed by atoms with Crippen LogP contribution in [0.25, 0.3) is 0 Å². The highest BCUT2D eigenvalue weighted by Gasteiger charge is 2.15. The van der Waals surface area contributed by atoms with Gasteiger partial charge >= 0.3 is 0 Å². The molecule has 8 nitrogen and oxygen atoms in total. The SMILES string of the molecule is O=C(NCCO)c1cc([N+](=O)[O-])c[nH]c1=O. The zero-order valence-electron chi connectivity index (χ0n) is 8.10. The van der Waals surface area contributed by atoms with Gasteiger partial charge in [-0.3, -0.25) is 19.7 Å². The number of nitrogens with one attached hydrogen (secondary N) is 2. The van der Waals surface area contributed by atoms with Crippen LogP contribution in [0, 0.1) is 10.1 Å². The molecule has 0 saturated carbocycles. The molecule has 0 unspecified atom stereocenters. The molecular formula is C8H9N3O5. The first kappa shape index (κ1) is 11.9. The lowest BCUT2D eigenvalue weighted by Gasteiger charge is -2.01. The third-order valence-electron chi connectivity index (χ3n) is 1.74. The molecule has 0 radical (unpaired) electrons. The fourth-order valence-electron chi connectivity index (χ4n) is 1.01. The topological polar surface area (TPSA) is 125 Å². The van der Waals surface area contributed by atoms with Gasteiger partial charge in [0.1, 0.15) is 5.56 Å². The summed E-state index contributed by atoms with van der Waals surface area (Å²) in [5, 5.41) is 21.1. The lowest BCUT2D eigenvalue weighted by atomic mass is 10.2. The van der Waals surface area contributed by atoms with Gasteiger partial charge in [-0.15, -0.1) is 0 Å². The molecule has 16 heavy (non-hydrogen) atoms.